The molecule has 0 rings (SSSR count). The zero-order valence-electron chi connectivity index (χ0n) is 9.12. The Kier molecular flexibility index (Phi) is 8.24. The molecule has 14 heavy (non-hydrogen) atoms. The average Bonchev–Trinajstić information content (AvgIpc) is 2.15. The van der Waals surface area contributed by atoms with E-state index < -0.39 is 0 Å². The molecule has 1 atom stereocenters. The number of hydrogen-bond acceptors (Lipinski definition) is 2. The highest BCUT2D eigenvalue weighted by Crippen LogP contribution is 2.09. The summed E-state index contributed by atoms with van der Waals surface area (Å²) in [6, 6.07) is 0. The summed E-state index contributed by atoms with van der Waals surface area (Å²) in [7, 11) is 0. The van der Waals surface area contributed by atoms with Gasteiger partial charge in [0.1, 0.15) is 0 Å². The Morgan fingerprint density at radius 1 is 1.50 bits per heavy atom. The van der Waals surface area contributed by atoms with Crippen LogP contribution >= 0.6 is 0 Å². The van der Waals surface area contributed by atoms with Crippen molar-refractivity contribution in [2.24, 2.45) is 5.92 Å². The predicted octanol–water partition coefficient (Wildman–Crippen LogP) is 1.48. The fourth-order valence-electron chi connectivity index (χ4n) is 1.39. The summed E-state index contributed by atoms with van der Waals surface area (Å²) >= 11 is 0. The number of rotatable bonds is 7. The largest absolute Gasteiger partial charge is 0.396 e. The first kappa shape index (κ1) is 13.2. The third kappa shape index (κ3) is 6.66. The van der Waals surface area contributed by atoms with Gasteiger partial charge in [0.25, 0.3) is 0 Å². The SMILES string of the molecule is C/C=C/C(=O)NCC(CCC)CCO. The lowest BCUT2D eigenvalue weighted by atomic mass is 10.0. The van der Waals surface area contributed by atoms with E-state index in [2.05, 4.69) is 12.2 Å². The summed E-state index contributed by atoms with van der Waals surface area (Å²) in [6.07, 6.45) is 6.14. The molecule has 1 amide bonds. The molecule has 0 saturated carbocycles. The maximum absolute atomic E-state index is 11.1. The second-order valence-corrected chi connectivity index (χ2v) is 3.41. The number of allylic oxidation sites excluding steroid dienone is 1. The minimum absolute atomic E-state index is 0.0495. The fraction of sp³-hybridized carbons (Fsp3) is 0.727. The molecule has 0 spiro atoms. The van der Waals surface area contributed by atoms with E-state index in [1.807, 2.05) is 6.92 Å². The average molecular weight is 199 g/mol. The molecule has 0 aliphatic heterocycles. The van der Waals surface area contributed by atoms with Gasteiger partial charge in [0.15, 0.2) is 0 Å². The second-order valence-electron chi connectivity index (χ2n) is 3.41. The molecule has 0 bridgehead atoms. The molecule has 0 radical (unpaired) electrons. The van der Waals surface area contributed by atoms with E-state index in [1.54, 1.807) is 6.08 Å². The van der Waals surface area contributed by atoms with E-state index in [4.69, 9.17) is 5.11 Å². The van der Waals surface area contributed by atoms with E-state index in [-0.39, 0.29) is 12.5 Å². The van der Waals surface area contributed by atoms with E-state index >= 15 is 0 Å². The van der Waals surface area contributed by atoms with Crippen LogP contribution in [0.5, 0.6) is 0 Å². The highest BCUT2D eigenvalue weighted by molar-refractivity contribution is 5.87. The van der Waals surface area contributed by atoms with Crippen LogP contribution in [0, 0.1) is 5.92 Å². The Bertz CT molecular complexity index is 172. The van der Waals surface area contributed by atoms with E-state index in [9.17, 15) is 4.79 Å². The third-order valence-corrected chi connectivity index (χ3v) is 2.12. The van der Waals surface area contributed by atoms with Crippen LogP contribution in [-0.4, -0.2) is 24.2 Å². The van der Waals surface area contributed by atoms with Crippen molar-refractivity contribution in [1.82, 2.24) is 5.32 Å². The number of nitrogens with one attached hydrogen (secondary N) is 1. The molecule has 0 aromatic rings. The lowest BCUT2D eigenvalue weighted by molar-refractivity contribution is -0.116. The molecule has 2 N–H and O–H groups in total. The molecule has 0 aromatic heterocycles. The lowest BCUT2D eigenvalue weighted by Gasteiger charge is -2.14. The summed E-state index contributed by atoms with van der Waals surface area (Å²) in [5.74, 6) is 0.353. The molecule has 3 heteroatoms. The molecule has 0 aliphatic rings. The Morgan fingerprint density at radius 2 is 2.21 bits per heavy atom. The number of aliphatic hydroxyl groups is 1. The number of aliphatic hydroxyl groups excluding tert-OH is 1. The minimum atomic E-state index is -0.0495. The number of carbonyl (C=O) groups excluding carboxylic acids is 1. The van der Waals surface area contributed by atoms with Gasteiger partial charge < -0.3 is 10.4 Å². The summed E-state index contributed by atoms with van der Waals surface area (Å²) in [4.78, 5) is 11.1. The van der Waals surface area contributed by atoms with Gasteiger partial charge in [-0.2, -0.15) is 0 Å². The summed E-state index contributed by atoms with van der Waals surface area (Å²) in [5.41, 5.74) is 0. The Hall–Kier alpha value is -0.830. The molecular weight excluding hydrogens is 178 g/mol. The summed E-state index contributed by atoms with van der Waals surface area (Å²) in [6.45, 7) is 4.79. The van der Waals surface area contributed by atoms with Crippen molar-refractivity contribution in [2.45, 2.75) is 33.1 Å². The number of carbonyl (C=O) groups is 1. The van der Waals surface area contributed by atoms with Crippen LogP contribution in [0.2, 0.25) is 0 Å². The van der Waals surface area contributed by atoms with E-state index in [1.165, 1.54) is 6.08 Å². The van der Waals surface area contributed by atoms with Crippen LogP contribution in [0.3, 0.4) is 0 Å². The Balaban J connectivity index is 3.74. The van der Waals surface area contributed by atoms with E-state index in [0.29, 0.717) is 12.5 Å². The van der Waals surface area contributed by atoms with Crippen molar-refractivity contribution in [1.29, 1.82) is 0 Å². The normalized spacial score (nSPS) is 13.1. The van der Waals surface area contributed by atoms with E-state index in [0.717, 1.165) is 19.3 Å². The van der Waals surface area contributed by atoms with Gasteiger partial charge in [-0.3, -0.25) is 4.79 Å². The van der Waals surface area contributed by atoms with Crippen LogP contribution in [-0.2, 0) is 4.79 Å². The monoisotopic (exact) mass is 199 g/mol. The van der Waals surface area contributed by atoms with Crippen molar-refractivity contribution in [3.8, 4) is 0 Å². The number of amides is 1. The molecule has 0 fully saturated rings. The van der Waals surface area contributed by atoms with Crippen LogP contribution in [0.25, 0.3) is 0 Å². The zero-order valence-corrected chi connectivity index (χ0v) is 9.12. The van der Waals surface area contributed by atoms with Crippen molar-refractivity contribution >= 4 is 5.91 Å². The molecule has 0 saturated heterocycles. The first-order valence-electron chi connectivity index (χ1n) is 5.26. The molecule has 0 aliphatic carbocycles. The van der Waals surface area contributed by atoms with Gasteiger partial charge in [-0.15, -0.1) is 0 Å². The van der Waals surface area contributed by atoms with Gasteiger partial charge in [0.05, 0.1) is 0 Å². The smallest absolute Gasteiger partial charge is 0.243 e. The number of hydrogen-bond donors (Lipinski definition) is 2. The fourth-order valence-corrected chi connectivity index (χ4v) is 1.39. The highest BCUT2D eigenvalue weighted by Gasteiger charge is 2.07. The molecule has 1 unspecified atom stereocenters. The van der Waals surface area contributed by atoms with Crippen LogP contribution in [0.1, 0.15) is 33.1 Å². The molecular formula is C11H21NO2. The topological polar surface area (TPSA) is 49.3 Å². The molecule has 0 aromatic carbocycles. The van der Waals surface area contributed by atoms with Gasteiger partial charge in [-0.1, -0.05) is 19.4 Å². The van der Waals surface area contributed by atoms with Crippen LogP contribution in [0.4, 0.5) is 0 Å². The first-order chi connectivity index (χ1) is 6.74. The Labute approximate surface area is 86.2 Å². The maximum atomic E-state index is 11.1. The maximum Gasteiger partial charge on any atom is 0.243 e. The van der Waals surface area contributed by atoms with Gasteiger partial charge in [0.2, 0.25) is 5.91 Å². The first-order valence-corrected chi connectivity index (χ1v) is 5.26. The van der Waals surface area contributed by atoms with Crippen molar-refractivity contribution in [3.63, 3.8) is 0 Å². The highest BCUT2D eigenvalue weighted by atomic mass is 16.3. The lowest BCUT2D eigenvalue weighted by Crippen LogP contribution is -2.28. The van der Waals surface area contributed by atoms with Crippen molar-refractivity contribution in [3.05, 3.63) is 12.2 Å². The summed E-state index contributed by atoms with van der Waals surface area (Å²) in [5, 5.41) is 11.6. The van der Waals surface area contributed by atoms with Gasteiger partial charge in [-0.05, 0) is 31.8 Å². The third-order valence-electron chi connectivity index (χ3n) is 2.12. The van der Waals surface area contributed by atoms with Gasteiger partial charge in [-0.25, -0.2) is 0 Å². The Morgan fingerprint density at radius 3 is 2.71 bits per heavy atom. The van der Waals surface area contributed by atoms with Crippen LogP contribution < -0.4 is 5.32 Å². The quantitative estimate of drug-likeness (QED) is 0.610. The van der Waals surface area contributed by atoms with Crippen LogP contribution in [0.15, 0.2) is 12.2 Å². The van der Waals surface area contributed by atoms with Gasteiger partial charge >= 0.3 is 0 Å². The van der Waals surface area contributed by atoms with Gasteiger partial charge in [0, 0.05) is 13.2 Å². The second kappa shape index (κ2) is 8.75. The molecule has 82 valence electrons. The predicted molar refractivity (Wildman–Crippen MR) is 57.9 cm³/mol. The van der Waals surface area contributed by atoms with Crippen molar-refractivity contribution < 1.29 is 9.90 Å². The minimum Gasteiger partial charge on any atom is -0.396 e. The van der Waals surface area contributed by atoms with Crippen molar-refractivity contribution in [2.75, 3.05) is 13.2 Å². The molecule has 3 nitrogen and oxygen atoms in total. The summed E-state index contributed by atoms with van der Waals surface area (Å²) < 4.78 is 0. The zero-order chi connectivity index (χ0) is 10.8. The molecule has 0 heterocycles. The standard InChI is InChI=1S/C11H21NO2/c1-3-5-10(7-8-13)9-12-11(14)6-4-2/h4,6,10,13H,3,5,7-9H2,1-2H3,(H,12,14)/b6-4+.